The van der Waals surface area contributed by atoms with E-state index >= 15 is 0 Å². The molecule has 0 saturated carbocycles. The molecule has 0 aromatic rings. The molecule has 0 spiro atoms. The van der Waals surface area contributed by atoms with Gasteiger partial charge in [0.2, 0.25) is 16.6 Å². The highest BCUT2D eigenvalue weighted by atomic mass is 28.4. The van der Waals surface area contributed by atoms with Gasteiger partial charge in [0.05, 0.1) is 0 Å². The van der Waals surface area contributed by atoms with E-state index in [-0.39, 0.29) is 30.0 Å². The molecular formula is C33H64O5Si2. The Labute approximate surface area is 249 Å². The molecule has 1 rings (SSSR count). The number of ether oxygens (including phenoxy) is 1. The fourth-order valence-electron chi connectivity index (χ4n) is 8.07. The van der Waals surface area contributed by atoms with E-state index in [4.69, 9.17) is 13.6 Å². The number of hydrogen-bond donors (Lipinski definition) is 0. The molecule has 0 saturated heterocycles. The second kappa shape index (κ2) is 16.2. The third-order valence-corrected chi connectivity index (χ3v) is 22.2. The van der Waals surface area contributed by atoms with E-state index < -0.39 is 22.7 Å². The van der Waals surface area contributed by atoms with E-state index in [9.17, 15) is 9.59 Å². The Morgan fingerprint density at radius 3 is 1.62 bits per heavy atom. The van der Waals surface area contributed by atoms with E-state index in [1.807, 2.05) is 6.08 Å². The molecule has 40 heavy (non-hydrogen) atoms. The van der Waals surface area contributed by atoms with Gasteiger partial charge in [0.25, 0.3) is 0 Å². The number of esters is 1. The van der Waals surface area contributed by atoms with E-state index in [0.29, 0.717) is 39.7 Å². The molecule has 1 aliphatic heterocycles. The smallest absolute Gasteiger partial charge is 0.330 e. The highest BCUT2D eigenvalue weighted by Gasteiger charge is 2.49. The maximum atomic E-state index is 12.6. The van der Waals surface area contributed by atoms with E-state index in [1.165, 1.54) is 0 Å². The Hall–Kier alpha value is -0.766. The summed E-state index contributed by atoms with van der Waals surface area (Å²) >= 11 is 0. The predicted molar refractivity (Wildman–Crippen MR) is 174 cm³/mol. The molecule has 0 N–H and O–H groups in total. The van der Waals surface area contributed by atoms with Crippen LogP contribution in [0.3, 0.4) is 0 Å². The van der Waals surface area contributed by atoms with Gasteiger partial charge in [-0.05, 0) is 58.4 Å². The molecule has 5 nitrogen and oxygen atoms in total. The van der Waals surface area contributed by atoms with Crippen LogP contribution in [0.15, 0.2) is 12.2 Å². The number of carbonyl (C=O) groups excluding carboxylic acids is 2. The molecule has 234 valence electrons. The lowest BCUT2D eigenvalue weighted by Crippen LogP contribution is -2.53. The van der Waals surface area contributed by atoms with Gasteiger partial charge in [-0.3, -0.25) is 0 Å². The van der Waals surface area contributed by atoms with Crippen LogP contribution >= 0.6 is 0 Å². The first-order valence-electron chi connectivity index (χ1n) is 16.2. The summed E-state index contributed by atoms with van der Waals surface area (Å²) < 4.78 is 20.2. The summed E-state index contributed by atoms with van der Waals surface area (Å²) in [7, 11) is -4.43. The van der Waals surface area contributed by atoms with Crippen LogP contribution in [0.5, 0.6) is 0 Å². The lowest BCUT2D eigenvalue weighted by atomic mass is 9.85. The summed E-state index contributed by atoms with van der Waals surface area (Å²) in [5.41, 5.74) is 2.58. The maximum Gasteiger partial charge on any atom is 0.330 e. The number of hydrogen-bond acceptors (Lipinski definition) is 5. The summed E-state index contributed by atoms with van der Waals surface area (Å²) in [5.74, 6) is 0.194. The van der Waals surface area contributed by atoms with Gasteiger partial charge in [-0.25, -0.2) is 4.79 Å². The zero-order chi connectivity index (χ0) is 31.0. The predicted octanol–water partition coefficient (Wildman–Crippen LogP) is 9.62. The molecule has 0 bridgehead atoms. The quantitative estimate of drug-likeness (QED) is 0.0895. The molecule has 0 aromatic heterocycles. The summed E-state index contributed by atoms with van der Waals surface area (Å²) in [6, 6.07) is 0. The van der Waals surface area contributed by atoms with Crippen LogP contribution in [0.2, 0.25) is 33.2 Å². The number of cyclic esters (lactones) is 1. The first kappa shape index (κ1) is 37.3. The van der Waals surface area contributed by atoms with Crippen molar-refractivity contribution in [3.05, 3.63) is 12.2 Å². The fraction of sp³-hybridized carbons (Fsp3) is 0.879. The van der Waals surface area contributed by atoms with Gasteiger partial charge in [0.15, 0.2) is 0 Å². The first-order valence-corrected chi connectivity index (χ1v) is 20.5. The van der Waals surface area contributed by atoms with Gasteiger partial charge >= 0.3 is 5.97 Å². The molecule has 0 radical (unpaired) electrons. The van der Waals surface area contributed by atoms with Gasteiger partial charge in [-0.15, -0.1) is 0 Å². The van der Waals surface area contributed by atoms with Crippen molar-refractivity contribution in [2.75, 3.05) is 0 Å². The zero-order valence-electron chi connectivity index (χ0n) is 28.5. The van der Waals surface area contributed by atoms with E-state index in [0.717, 1.165) is 25.5 Å². The van der Waals surface area contributed by atoms with Crippen molar-refractivity contribution in [1.29, 1.82) is 0 Å². The van der Waals surface area contributed by atoms with Crippen molar-refractivity contribution in [3.63, 3.8) is 0 Å². The third kappa shape index (κ3) is 8.64. The van der Waals surface area contributed by atoms with Crippen LogP contribution in [0, 0.1) is 11.8 Å². The molecule has 0 amide bonds. The van der Waals surface area contributed by atoms with Gasteiger partial charge in [0.1, 0.15) is 18.5 Å². The van der Waals surface area contributed by atoms with Crippen LogP contribution in [0.4, 0.5) is 0 Å². The highest BCUT2D eigenvalue weighted by molar-refractivity contribution is 6.78. The van der Waals surface area contributed by atoms with Gasteiger partial charge in [-0.1, -0.05) is 103 Å². The van der Waals surface area contributed by atoms with Crippen LogP contribution < -0.4 is 0 Å². The standard InChI is InChI=1S/C33H64O5Si2/c1-15-29-17-19-32(35)36-33(29)28(14)16-18-30(37-39(22(2)3,23(4)5)24(6)7)20-31(21-34)38-40(25(8)9,26(10)11)27(12)13/h17,19,21-31,33H,15-16,18,20H2,1-14H3/t28-,29-,30-,31+,33-/m1/s1. The summed E-state index contributed by atoms with van der Waals surface area (Å²) in [6.45, 7) is 31.8. The summed E-state index contributed by atoms with van der Waals surface area (Å²) in [5, 5.41) is 0. The first-order chi connectivity index (χ1) is 18.5. The largest absolute Gasteiger partial charge is 0.458 e. The fourth-order valence-corrected chi connectivity index (χ4v) is 19.2. The monoisotopic (exact) mass is 596 g/mol. The van der Waals surface area contributed by atoms with E-state index in [2.05, 4.69) is 96.9 Å². The van der Waals surface area contributed by atoms with Crippen molar-refractivity contribution in [1.82, 2.24) is 0 Å². The van der Waals surface area contributed by atoms with Crippen LogP contribution in [-0.4, -0.2) is 47.2 Å². The minimum Gasteiger partial charge on any atom is -0.458 e. The second-order valence-corrected chi connectivity index (χ2v) is 25.1. The molecule has 0 aliphatic carbocycles. The third-order valence-electron chi connectivity index (χ3n) is 9.92. The molecule has 7 heteroatoms. The maximum absolute atomic E-state index is 12.6. The van der Waals surface area contributed by atoms with E-state index in [1.54, 1.807) is 6.08 Å². The molecule has 0 unspecified atom stereocenters. The zero-order valence-corrected chi connectivity index (χ0v) is 30.5. The molecule has 0 aromatic carbocycles. The number of carbonyl (C=O) groups is 2. The Kier molecular flexibility index (Phi) is 15.1. The molecule has 0 fully saturated rings. The van der Waals surface area contributed by atoms with Gasteiger partial charge in [-0.2, -0.15) is 0 Å². The highest BCUT2D eigenvalue weighted by Crippen LogP contribution is 2.46. The molecule has 5 atom stereocenters. The Balaban J connectivity index is 3.37. The average molecular weight is 597 g/mol. The van der Waals surface area contributed by atoms with Crippen molar-refractivity contribution < 1.29 is 23.2 Å². The number of rotatable bonds is 18. The van der Waals surface area contributed by atoms with Crippen molar-refractivity contribution >= 4 is 28.9 Å². The topological polar surface area (TPSA) is 61.8 Å². The lowest BCUT2D eigenvalue weighted by Gasteiger charge is -2.47. The minimum absolute atomic E-state index is 0.0791. The van der Waals surface area contributed by atoms with Crippen molar-refractivity contribution in [2.45, 2.75) is 174 Å². The Bertz CT molecular complexity index is 761. The molecule has 1 heterocycles. The Morgan fingerprint density at radius 2 is 1.23 bits per heavy atom. The summed E-state index contributed by atoms with van der Waals surface area (Å²) in [4.78, 5) is 24.7. The average Bonchev–Trinajstić information content (AvgIpc) is 2.85. The van der Waals surface area contributed by atoms with Crippen molar-refractivity contribution in [3.8, 4) is 0 Å². The van der Waals surface area contributed by atoms with Crippen LogP contribution in [0.25, 0.3) is 0 Å². The van der Waals surface area contributed by atoms with Gasteiger partial charge < -0.3 is 18.4 Å². The SMILES string of the molecule is CC[C@@H]1C=CC(=O)O[C@@H]1[C@H](C)CC[C@H](C[C@@H](C=O)O[Si](C(C)C)(C(C)C)C(C)C)O[Si](C(C)C)(C(C)C)C(C)C. The molecular weight excluding hydrogens is 533 g/mol. The number of aldehydes is 1. The molecule has 1 aliphatic rings. The summed E-state index contributed by atoms with van der Waals surface area (Å²) in [6.07, 6.45) is 7.17. The Morgan fingerprint density at radius 1 is 0.775 bits per heavy atom. The van der Waals surface area contributed by atoms with Crippen LogP contribution in [0.1, 0.15) is 123 Å². The minimum atomic E-state index is -2.24. The van der Waals surface area contributed by atoms with Crippen molar-refractivity contribution in [2.24, 2.45) is 11.8 Å². The normalized spacial score (nSPS) is 21.1. The second-order valence-electron chi connectivity index (χ2n) is 14.3. The lowest BCUT2D eigenvalue weighted by molar-refractivity contribution is -0.150. The van der Waals surface area contributed by atoms with Crippen LogP contribution in [-0.2, 0) is 23.2 Å². The van der Waals surface area contributed by atoms with Gasteiger partial charge in [0, 0.05) is 24.5 Å².